The second-order valence-electron chi connectivity index (χ2n) is 20.9. The highest BCUT2D eigenvalue weighted by molar-refractivity contribution is 6.09. The largest absolute Gasteiger partial charge is 0.457 e. The monoisotopic (exact) mass is 944 g/mol. The van der Waals surface area contributed by atoms with Crippen LogP contribution < -0.4 is 15.4 Å². The van der Waals surface area contributed by atoms with Crippen LogP contribution in [0.1, 0.15) is 105 Å². The average Bonchev–Trinajstić information content (AvgIpc) is 1.32. The third kappa shape index (κ3) is 9.70. The van der Waals surface area contributed by atoms with Gasteiger partial charge in [0, 0.05) is 55.6 Å². The fourth-order valence-corrected chi connectivity index (χ4v) is 8.70. The van der Waals surface area contributed by atoms with Crippen LogP contribution in [0.25, 0.3) is 61.0 Å². The molecule has 0 fully saturated rings. The lowest BCUT2D eigenvalue weighted by Gasteiger charge is -2.29. The fraction of sp³-hybridized carbons (Fsp3) is 0.197. The van der Waals surface area contributed by atoms with Crippen LogP contribution in [0.2, 0.25) is 0 Å². The molecule has 0 bridgehead atoms. The predicted molar refractivity (Wildman–Crippen MR) is 302 cm³/mol. The molecule has 10 aromatic rings. The van der Waals surface area contributed by atoms with E-state index < -0.39 is 89.5 Å². The van der Waals surface area contributed by atoms with Crippen LogP contribution in [0.4, 0.5) is 22.7 Å². The first-order valence-electron chi connectivity index (χ1n) is 31.1. The summed E-state index contributed by atoms with van der Waals surface area (Å²) in [6, 6.07) is 31.8. The zero-order chi connectivity index (χ0) is 62.6. The molecule has 0 aliphatic carbocycles. The standard InChI is InChI=1S/C66H64N4O/c1-43-34-62(67-42-57(43)45-24-15-12-16-25-45)70-60-31-20-17-28-53(60)54-33-32-52(41-61(54)70)71-51-27-21-26-50(40-51)68-58-29-18-19-30-59(58)69-63-55(44-22-13-11-14-23-44)38-49(66(8,9)10)39-56(63)46-35-47(64(2,3)4)37-48(36-46)65(5,6)7/h11-42,68-69H,1-10H3/i1D3,11D,12D,13D,14D,15D,16D,22D,23D,24D,25D,34D,42D. The van der Waals surface area contributed by atoms with Crippen LogP contribution in [0.15, 0.2) is 194 Å². The summed E-state index contributed by atoms with van der Waals surface area (Å²) in [5.74, 6) is 0.534. The number of rotatable bonds is 10. The van der Waals surface area contributed by atoms with Gasteiger partial charge in [-0.2, -0.15) is 0 Å². The second kappa shape index (κ2) is 18.5. The van der Waals surface area contributed by atoms with Crippen molar-refractivity contribution in [3.8, 4) is 50.7 Å². The Hall–Kier alpha value is -7.89. The first-order valence-corrected chi connectivity index (χ1v) is 23.6. The lowest BCUT2D eigenvalue weighted by Crippen LogP contribution is -2.17. The van der Waals surface area contributed by atoms with E-state index in [4.69, 9.17) is 19.8 Å². The molecular weight excluding hydrogens is 865 g/mol. The fourth-order valence-electron chi connectivity index (χ4n) is 8.70. The summed E-state index contributed by atoms with van der Waals surface area (Å²) >= 11 is 0. The summed E-state index contributed by atoms with van der Waals surface area (Å²) in [6.45, 7) is 16.2. The molecule has 0 unspecified atom stereocenters. The highest BCUT2D eigenvalue weighted by Gasteiger charge is 2.26. The lowest BCUT2D eigenvalue weighted by molar-refractivity contribution is 0.483. The number of ether oxygens (including phenoxy) is 1. The molecule has 2 N–H and O–H groups in total. The van der Waals surface area contributed by atoms with Gasteiger partial charge in [0.25, 0.3) is 0 Å². The topological polar surface area (TPSA) is 51.1 Å². The van der Waals surface area contributed by atoms with Crippen molar-refractivity contribution >= 4 is 44.6 Å². The maximum Gasteiger partial charge on any atom is 0.137 e. The Morgan fingerprint density at radius 3 is 1.72 bits per heavy atom. The van der Waals surface area contributed by atoms with Gasteiger partial charge in [0.05, 0.1) is 44.5 Å². The number of pyridine rings is 1. The molecule has 0 atom stereocenters. The summed E-state index contributed by atoms with van der Waals surface area (Å²) in [5.41, 5.74) is 5.93. The molecule has 0 aliphatic heterocycles. The average molecular weight is 944 g/mol. The minimum atomic E-state index is -3.10. The Kier molecular flexibility index (Phi) is 8.34. The van der Waals surface area contributed by atoms with Gasteiger partial charge in [-0.3, -0.25) is 4.57 Å². The summed E-state index contributed by atoms with van der Waals surface area (Å²) in [4.78, 5) is 4.49. The third-order valence-corrected chi connectivity index (χ3v) is 12.7. The third-order valence-electron chi connectivity index (χ3n) is 12.7. The van der Waals surface area contributed by atoms with Crippen molar-refractivity contribution in [3.63, 3.8) is 0 Å². The van der Waals surface area contributed by atoms with Gasteiger partial charge in [-0.15, -0.1) is 0 Å². The van der Waals surface area contributed by atoms with Crippen molar-refractivity contribution in [2.45, 2.75) is 85.4 Å². The van der Waals surface area contributed by atoms with E-state index in [1.165, 1.54) is 0 Å². The maximum atomic E-state index is 9.50. The van der Waals surface area contributed by atoms with Crippen LogP contribution in [0, 0.1) is 6.85 Å². The van der Waals surface area contributed by atoms with Gasteiger partial charge in [-0.25, -0.2) is 4.98 Å². The number of anilines is 4. The van der Waals surface area contributed by atoms with Crippen molar-refractivity contribution in [3.05, 3.63) is 216 Å². The molecule has 0 aliphatic rings. The minimum absolute atomic E-state index is 0.0608. The van der Waals surface area contributed by atoms with Crippen LogP contribution in [-0.4, -0.2) is 9.55 Å². The van der Waals surface area contributed by atoms with Crippen molar-refractivity contribution in [2.75, 3.05) is 10.6 Å². The maximum absolute atomic E-state index is 9.50. The molecule has 8 aromatic carbocycles. The number of hydrogen-bond acceptors (Lipinski definition) is 4. The number of para-hydroxylation sites is 3. The van der Waals surface area contributed by atoms with Crippen LogP contribution in [0.3, 0.4) is 0 Å². The molecule has 2 aromatic heterocycles. The number of benzene rings is 8. The SMILES string of the molecule is [2H]c1nc(-n2c3ccccc3c3ccc(Oc4cccc(Nc5ccccc5Nc5c(-c6cc(C(C)(C)C)cc(C(C)(C)C)c6)cc(C(C)(C)C)cc5-c5c([2H])c([2H])c([2H])c([2H])c5[2H])c4)cc32)c([2H])c(C([2H])([2H])[2H])c1-c1c([2H])c([2H])c([2H])c([2H])c1[2H]. The van der Waals surface area contributed by atoms with Crippen molar-refractivity contribution in [1.82, 2.24) is 9.55 Å². The zero-order valence-electron chi connectivity index (χ0n) is 56.3. The van der Waals surface area contributed by atoms with E-state index in [1.807, 2.05) is 60.7 Å². The Morgan fingerprint density at radius 1 is 0.507 bits per heavy atom. The van der Waals surface area contributed by atoms with Gasteiger partial charge >= 0.3 is 0 Å². The molecule has 71 heavy (non-hydrogen) atoms. The molecule has 5 heteroatoms. The molecule has 0 radical (unpaired) electrons. The molecule has 10 rings (SSSR count). The van der Waals surface area contributed by atoms with Gasteiger partial charge in [0.15, 0.2) is 0 Å². The van der Waals surface area contributed by atoms with Crippen molar-refractivity contribution < 1.29 is 25.3 Å². The normalized spacial score (nSPS) is 15.3. The van der Waals surface area contributed by atoms with E-state index >= 15 is 0 Å². The van der Waals surface area contributed by atoms with Gasteiger partial charge in [0.2, 0.25) is 0 Å². The van der Waals surface area contributed by atoms with E-state index in [2.05, 4.69) is 102 Å². The van der Waals surface area contributed by atoms with Crippen molar-refractivity contribution in [2.24, 2.45) is 0 Å². The lowest BCUT2D eigenvalue weighted by atomic mass is 9.77. The van der Waals surface area contributed by atoms with Crippen LogP contribution in [-0.2, 0) is 16.2 Å². The Morgan fingerprint density at radius 2 is 1.07 bits per heavy atom. The molecule has 354 valence electrons. The quantitative estimate of drug-likeness (QED) is 0.143. The second-order valence-corrected chi connectivity index (χ2v) is 20.9. The molecule has 2 heterocycles. The zero-order valence-corrected chi connectivity index (χ0v) is 41.3. The molecular formula is C66H64N4O. The molecule has 0 saturated heterocycles. The van der Waals surface area contributed by atoms with E-state index in [1.54, 1.807) is 41.0 Å². The first kappa shape index (κ1) is 32.1. The minimum Gasteiger partial charge on any atom is -0.457 e. The predicted octanol–water partition coefficient (Wildman–Crippen LogP) is 18.7. The van der Waals surface area contributed by atoms with Gasteiger partial charge in [-0.05, 0) is 123 Å². The molecule has 0 spiro atoms. The van der Waals surface area contributed by atoms with E-state index in [0.29, 0.717) is 56.2 Å². The summed E-state index contributed by atoms with van der Waals surface area (Å²) < 4.78 is 140. The van der Waals surface area contributed by atoms with Crippen LogP contribution >= 0.6 is 0 Å². The highest BCUT2D eigenvalue weighted by atomic mass is 16.5. The molecule has 0 amide bonds. The molecule has 5 nitrogen and oxygen atoms in total. The van der Waals surface area contributed by atoms with Gasteiger partial charge in [0.1, 0.15) is 17.3 Å². The summed E-state index contributed by atoms with van der Waals surface area (Å²) in [5, 5.41) is 8.71. The van der Waals surface area contributed by atoms with Crippen molar-refractivity contribution in [1.29, 1.82) is 0 Å². The number of nitrogens with one attached hydrogen (secondary N) is 2. The summed E-state index contributed by atoms with van der Waals surface area (Å²) in [7, 11) is 0. The number of nitrogens with zero attached hydrogens (tertiary/aromatic N) is 2. The van der Waals surface area contributed by atoms with Crippen LogP contribution in [0.5, 0.6) is 11.5 Å². The number of aromatic nitrogens is 2. The van der Waals surface area contributed by atoms with Gasteiger partial charge < -0.3 is 15.4 Å². The van der Waals surface area contributed by atoms with Gasteiger partial charge in [-0.1, -0.05) is 177 Å². The summed E-state index contributed by atoms with van der Waals surface area (Å²) in [6.07, 6.45) is -0.700. The molecule has 0 saturated carbocycles. The highest BCUT2D eigenvalue weighted by Crippen LogP contribution is 2.46. The smallest absolute Gasteiger partial charge is 0.137 e. The van der Waals surface area contributed by atoms with E-state index in [0.717, 1.165) is 33.2 Å². The Labute approximate surface area is 441 Å². The number of fused-ring (bicyclic) bond motifs is 3. The van der Waals surface area contributed by atoms with E-state index in [9.17, 15) is 5.48 Å². The first-order chi connectivity index (χ1) is 40.2. The Balaban J connectivity index is 1.08. The van der Waals surface area contributed by atoms with E-state index in [-0.39, 0.29) is 34.3 Å². The Bertz CT molecular complexity index is 4320. The number of hydrogen-bond donors (Lipinski definition) is 2.